The van der Waals surface area contributed by atoms with Crippen molar-refractivity contribution in [3.8, 4) is 16.9 Å². The first-order valence-corrected chi connectivity index (χ1v) is 5.39. The van der Waals surface area contributed by atoms with Gasteiger partial charge in [-0.05, 0) is 41.1 Å². The summed E-state index contributed by atoms with van der Waals surface area (Å²) in [5.74, 6) is 0.855. The topological polar surface area (TPSA) is 22.4 Å². The predicted molar refractivity (Wildman–Crippen MR) is 63.1 cm³/mol. The van der Waals surface area contributed by atoms with Gasteiger partial charge in [-0.2, -0.15) is 0 Å². The number of benzene rings is 1. The highest BCUT2D eigenvalue weighted by Crippen LogP contribution is 2.33. The van der Waals surface area contributed by atoms with Crippen molar-refractivity contribution >= 4 is 15.9 Å². The minimum atomic E-state index is 0.723. The van der Waals surface area contributed by atoms with Crippen LogP contribution in [0.5, 0.6) is 5.75 Å². The molecule has 2 rings (SSSR count). The van der Waals surface area contributed by atoms with E-state index in [1.807, 2.05) is 18.2 Å². The Balaban J connectivity index is 2.55. The molecule has 2 aromatic rings. The van der Waals surface area contributed by atoms with E-state index in [4.69, 9.17) is 9.15 Å². The van der Waals surface area contributed by atoms with Crippen molar-refractivity contribution in [2.75, 3.05) is 7.11 Å². The highest BCUT2D eigenvalue weighted by atomic mass is 79.9. The van der Waals surface area contributed by atoms with Crippen LogP contribution in [0.4, 0.5) is 0 Å². The summed E-state index contributed by atoms with van der Waals surface area (Å²) in [6.07, 6.45) is 1.71. The molecule has 0 N–H and O–H groups in total. The zero-order valence-corrected chi connectivity index (χ0v) is 10.2. The zero-order valence-electron chi connectivity index (χ0n) is 8.58. The van der Waals surface area contributed by atoms with E-state index in [9.17, 15) is 0 Å². The highest BCUT2D eigenvalue weighted by Gasteiger charge is 2.08. The molecule has 0 atom stereocenters. The Morgan fingerprint density at radius 3 is 2.67 bits per heavy atom. The van der Waals surface area contributed by atoms with Crippen LogP contribution in [-0.4, -0.2) is 7.11 Å². The van der Waals surface area contributed by atoms with Crippen LogP contribution in [0.2, 0.25) is 0 Å². The normalized spacial score (nSPS) is 10.3. The quantitative estimate of drug-likeness (QED) is 0.819. The fourth-order valence-corrected chi connectivity index (χ4v) is 1.84. The largest absolute Gasteiger partial charge is 0.496 e. The summed E-state index contributed by atoms with van der Waals surface area (Å²) < 4.78 is 11.2. The molecule has 15 heavy (non-hydrogen) atoms. The van der Waals surface area contributed by atoms with Crippen LogP contribution in [0.3, 0.4) is 0 Å². The summed E-state index contributed by atoms with van der Waals surface area (Å²) in [6.45, 7) is 2.05. The molecule has 0 unspecified atom stereocenters. The number of ether oxygens (including phenoxy) is 1. The first kappa shape index (κ1) is 10.3. The average Bonchev–Trinajstić information content (AvgIpc) is 2.65. The van der Waals surface area contributed by atoms with Crippen LogP contribution < -0.4 is 4.74 Å². The van der Waals surface area contributed by atoms with Crippen LogP contribution in [0.25, 0.3) is 11.1 Å². The summed E-state index contributed by atoms with van der Waals surface area (Å²) >= 11 is 3.29. The van der Waals surface area contributed by atoms with E-state index in [1.165, 1.54) is 5.56 Å². The molecule has 1 heterocycles. The first-order chi connectivity index (χ1) is 7.20. The summed E-state index contributed by atoms with van der Waals surface area (Å²) in [7, 11) is 1.67. The Morgan fingerprint density at radius 1 is 1.27 bits per heavy atom. The van der Waals surface area contributed by atoms with Crippen LogP contribution in [0.15, 0.2) is 39.6 Å². The van der Waals surface area contributed by atoms with Gasteiger partial charge in [0, 0.05) is 11.1 Å². The van der Waals surface area contributed by atoms with Gasteiger partial charge in [0.1, 0.15) is 5.75 Å². The molecule has 1 aromatic carbocycles. The highest BCUT2D eigenvalue weighted by molar-refractivity contribution is 9.10. The van der Waals surface area contributed by atoms with E-state index in [0.717, 1.165) is 21.5 Å². The maximum atomic E-state index is 5.31. The molecule has 0 saturated heterocycles. The second-order valence-electron chi connectivity index (χ2n) is 3.34. The summed E-state index contributed by atoms with van der Waals surface area (Å²) in [4.78, 5) is 0. The molecular formula is C12H11BrO2. The zero-order chi connectivity index (χ0) is 10.8. The summed E-state index contributed by atoms with van der Waals surface area (Å²) in [6, 6.07) is 8.00. The molecular weight excluding hydrogens is 256 g/mol. The number of hydrogen-bond donors (Lipinski definition) is 0. The van der Waals surface area contributed by atoms with Crippen molar-refractivity contribution in [2.24, 2.45) is 0 Å². The molecule has 0 fully saturated rings. The lowest BCUT2D eigenvalue weighted by atomic mass is 10.1. The predicted octanol–water partition coefficient (Wildman–Crippen LogP) is 4.03. The Bertz CT molecular complexity index is 474. The Morgan fingerprint density at radius 2 is 2.07 bits per heavy atom. The minimum absolute atomic E-state index is 0.723. The van der Waals surface area contributed by atoms with E-state index >= 15 is 0 Å². The van der Waals surface area contributed by atoms with Crippen LogP contribution >= 0.6 is 15.9 Å². The van der Waals surface area contributed by atoms with Crippen molar-refractivity contribution in [2.45, 2.75) is 6.92 Å². The van der Waals surface area contributed by atoms with Gasteiger partial charge in [-0.1, -0.05) is 11.6 Å². The number of rotatable bonds is 2. The fraction of sp³-hybridized carbons (Fsp3) is 0.167. The van der Waals surface area contributed by atoms with Crippen molar-refractivity contribution < 1.29 is 9.15 Å². The van der Waals surface area contributed by atoms with Crippen molar-refractivity contribution in [3.05, 3.63) is 40.8 Å². The molecule has 0 bridgehead atoms. The lowest BCUT2D eigenvalue weighted by molar-refractivity contribution is 0.416. The van der Waals surface area contributed by atoms with Crippen molar-refractivity contribution in [1.29, 1.82) is 0 Å². The second kappa shape index (κ2) is 4.11. The van der Waals surface area contributed by atoms with Gasteiger partial charge in [0.05, 0.1) is 13.4 Å². The molecule has 0 amide bonds. The molecule has 78 valence electrons. The molecule has 3 heteroatoms. The van der Waals surface area contributed by atoms with Gasteiger partial charge in [-0.15, -0.1) is 0 Å². The standard InChI is InChI=1S/C12H11BrO2/c1-8-3-4-11(14-2)10(5-8)9-6-12(13)15-7-9/h3-7H,1-2H3. The Kier molecular flexibility index (Phi) is 2.82. The second-order valence-corrected chi connectivity index (χ2v) is 4.12. The van der Waals surface area contributed by atoms with Gasteiger partial charge < -0.3 is 9.15 Å². The third-order valence-corrected chi connectivity index (χ3v) is 2.65. The van der Waals surface area contributed by atoms with Crippen molar-refractivity contribution in [1.82, 2.24) is 0 Å². The van der Waals surface area contributed by atoms with Gasteiger partial charge in [-0.25, -0.2) is 0 Å². The van der Waals surface area contributed by atoms with E-state index in [0.29, 0.717) is 0 Å². The van der Waals surface area contributed by atoms with Crippen molar-refractivity contribution in [3.63, 3.8) is 0 Å². The monoisotopic (exact) mass is 266 g/mol. The van der Waals surface area contributed by atoms with E-state index < -0.39 is 0 Å². The number of hydrogen-bond acceptors (Lipinski definition) is 2. The fourth-order valence-electron chi connectivity index (χ4n) is 1.50. The average molecular weight is 267 g/mol. The van der Waals surface area contributed by atoms with Gasteiger partial charge in [0.15, 0.2) is 4.67 Å². The van der Waals surface area contributed by atoms with Crippen LogP contribution in [0, 0.1) is 6.92 Å². The number of methoxy groups -OCH3 is 1. The smallest absolute Gasteiger partial charge is 0.169 e. The Labute approximate surface area is 97.0 Å². The van der Waals surface area contributed by atoms with E-state index in [1.54, 1.807) is 13.4 Å². The minimum Gasteiger partial charge on any atom is -0.496 e. The third kappa shape index (κ3) is 2.07. The van der Waals surface area contributed by atoms with Gasteiger partial charge in [0.2, 0.25) is 0 Å². The molecule has 0 aliphatic rings. The molecule has 2 nitrogen and oxygen atoms in total. The Hall–Kier alpha value is -1.22. The molecule has 1 aromatic heterocycles. The number of aryl methyl sites for hydroxylation is 1. The molecule has 0 spiro atoms. The molecule has 0 saturated carbocycles. The summed E-state index contributed by atoms with van der Waals surface area (Å²) in [5.41, 5.74) is 3.26. The maximum Gasteiger partial charge on any atom is 0.169 e. The van der Waals surface area contributed by atoms with Crippen LogP contribution in [-0.2, 0) is 0 Å². The molecule has 0 aliphatic carbocycles. The van der Waals surface area contributed by atoms with E-state index in [2.05, 4.69) is 28.9 Å². The summed E-state index contributed by atoms with van der Waals surface area (Å²) in [5, 5.41) is 0. The SMILES string of the molecule is COc1ccc(C)cc1-c1coc(Br)c1. The number of furan rings is 1. The maximum absolute atomic E-state index is 5.31. The third-order valence-electron chi connectivity index (χ3n) is 2.23. The molecule has 0 radical (unpaired) electrons. The number of halogens is 1. The van der Waals surface area contributed by atoms with Crippen LogP contribution in [0.1, 0.15) is 5.56 Å². The van der Waals surface area contributed by atoms with Gasteiger partial charge in [0.25, 0.3) is 0 Å². The van der Waals surface area contributed by atoms with Gasteiger partial charge in [-0.3, -0.25) is 0 Å². The van der Waals surface area contributed by atoms with Gasteiger partial charge >= 0.3 is 0 Å². The lowest BCUT2D eigenvalue weighted by Crippen LogP contribution is -1.87. The first-order valence-electron chi connectivity index (χ1n) is 4.60. The lowest BCUT2D eigenvalue weighted by Gasteiger charge is -2.07. The van der Waals surface area contributed by atoms with E-state index in [-0.39, 0.29) is 0 Å². The molecule has 0 aliphatic heterocycles.